The number of ether oxygens (including phenoxy) is 1. The normalized spacial score (nSPS) is 43.5. The first-order valence-corrected chi connectivity index (χ1v) is 7.54. The topological polar surface area (TPSA) is 29.5 Å². The van der Waals surface area contributed by atoms with E-state index in [0.717, 1.165) is 17.6 Å². The first-order chi connectivity index (χ1) is 9.21. The summed E-state index contributed by atoms with van der Waals surface area (Å²) in [6.45, 7) is 0. The molecule has 4 bridgehead atoms. The van der Waals surface area contributed by atoms with Gasteiger partial charge in [-0.3, -0.25) is 0 Å². The number of rotatable bonds is 2. The molecule has 0 aromatic heterocycles. The molecule has 0 saturated heterocycles. The molecule has 1 aromatic rings. The Bertz CT molecular complexity index is 465. The van der Waals surface area contributed by atoms with Crippen LogP contribution in [-0.4, -0.2) is 18.3 Å². The van der Waals surface area contributed by atoms with Crippen molar-refractivity contribution in [3.05, 3.63) is 29.8 Å². The molecular formula is C17H22O2. The molecule has 4 saturated carbocycles. The fourth-order valence-corrected chi connectivity index (χ4v) is 5.34. The van der Waals surface area contributed by atoms with Crippen LogP contribution in [0.25, 0.3) is 0 Å². The lowest BCUT2D eigenvalue weighted by Crippen LogP contribution is -2.58. The summed E-state index contributed by atoms with van der Waals surface area (Å²) in [5.41, 5.74) is 1.38. The van der Waals surface area contributed by atoms with Gasteiger partial charge in [-0.1, -0.05) is 12.1 Å². The molecule has 4 aliphatic carbocycles. The van der Waals surface area contributed by atoms with Crippen molar-refractivity contribution < 1.29 is 9.84 Å². The minimum absolute atomic E-state index is 0.0427. The van der Waals surface area contributed by atoms with E-state index >= 15 is 0 Å². The number of hydrogen-bond acceptors (Lipinski definition) is 2. The van der Waals surface area contributed by atoms with Gasteiger partial charge in [0.15, 0.2) is 0 Å². The van der Waals surface area contributed by atoms with E-state index in [0.29, 0.717) is 5.92 Å². The highest BCUT2D eigenvalue weighted by Crippen LogP contribution is 2.60. The maximum Gasteiger partial charge on any atom is 0.118 e. The van der Waals surface area contributed by atoms with Crippen LogP contribution >= 0.6 is 0 Å². The first-order valence-electron chi connectivity index (χ1n) is 7.54. The van der Waals surface area contributed by atoms with E-state index in [1.165, 1.54) is 37.7 Å². The number of hydrogen-bond donors (Lipinski definition) is 1. The zero-order valence-electron chi connectivity index (χ0n) is 11.5. The van der Waals surface area contributed by atoms with Gasteiger partial charge in [0.1, 0.15) is 5.75 Å². The Kier molecular flexibility index (Phi) is 2.47. The van der Waals surface area contributed by atoms with E-state index in [9.17, 15) is 5.11 Å². The third-order valence-corrected chi connectivity index (χ3v) is 5.92. The van der Waals surface area contributed by atoms with Gasteiger partial charge in [-0.05, 0) is 67.6 Å². The maximum atomic E-state index is 10.8. The van der Waals surface area contributed by atoms with Crippen LogP contribution in [0.3, 0.4) is 0 Å². The predicted molar refractivity (Wildman–Crippen MR) is 74.2 cm³/mol. The SMILES string of the molecule is COc1ccc(C23CC4CC(CC(C4)C2O)C3)cc1. The Morgan fingerprint density at radius 3 is 2.26 bits per heavy atom. The quantitative estimate of drug-likeness (QED) is 0.883. The monoisotopic (exact) mass is 258 g/mol. The third kappa shape index (κ3) is 1.59. The molecule has 0 amide bonds. The van der Waals surface area contributed by atoms with E-state index in [-0.39, 0.29) is 11.5 Å². The van der Waals surface area contributed by atoms with Crippen molar-refractivity contribution in [2.75, 3.05) is 7.11 Å². The van der Waals surface area contributed by atoms with Crippen molar-refractivity contribution in [3.63, 3.8) is 0 Å². The molecule has 1 N–H and O–H groups in total. The van der Waals surface area contributed by atoms with Gasteiger partial charge in [-0.15, -0.1) is 0 Å². The lowest BCUT2D eigenvalue weighted by atomic mass is 9.46. The van der Waals surface area contributed by atoms with Gasteiger partial charge in [0, 0.05) is 5.41 Å². The minimum atomic E-state index is -0.131. The summed E-state index contributed by atoms with van der Waals surface area (Å²) in [5.74, 6) is 3.15. The number of benzene rings is 1. The van der Waals surface area contributed by atoms with Crippen molar-refractivity contribution in [1.29, 1.82) is 0 Å². The van der Waals surface area contributed by atoms with Crippen LogP contribution in [0, 0.1) is 17.8 Å². The van der Waals surface area contributed by atoms with Crippen molar-refractivity contribution in [2.24, 2.45) is 17.8 Å². The van der Waals surface area contributed by atoms with Crippen molar-refractivity contribution >= 4 is 0 Å². The second kappa shape index (κ2) is 3.99. The van der Waals surface area contributed by atoms with Gasteiger partial charge in [0.05, 0.1) is 13.2 Å². The molecule has 0 aliphatic heterocycles. The molecule has 0 heterocycles. The van der Waals surface area contributed by atoms with Crippen molar-refractivity contribution in [1.82, 2.24) is 0 Å². The highest BCUT2D eigenvalue weighted by molar-refractivity contribution is 5.36. The summed E-state index contributed by atoms with van der Waals surface area (Å²) < 4.78 is 5.25. The standard InChI is InChI=1S/C17H22O2/c1-19-15-4-2-14(3-5-15)17-9-11-6-12(10-17)8-13(7-11)16(17)18/h2-5,11-13,16,18H,6-10H2,1H3. The van der Waals surface area contributed by atoms with Gasteiger partial charge in [-0.25, -0.2) is 0 Å². The molecule has 3 atom stereocenters. The molecule has 4 fully saturated rings. The lowest BCUT2D eigenvalue weighted by Gasteiger charge is -2.59. The van der Waals surface area contributed by atoms with E-state index < -0.39 is 0 Å². The smallest absolute Gasteiger partial charge is 0.118 e. The largest absolute Gasteiger partial charge is 0.497 e. The third-order valence-electron chi connectivity index (χ3n) is 5.92. The summed E-state index contributed by atoms with van der Waals surface area (Å²) in [5, 5.41) is 10.8. The molecule has 0 spiro atoms. The minimum Gasteiger partial charge on any atom is -0.497 e. The van der Waals surface area contributed by atoms with Gasteiger partial charge in [0.2, 0.25) is 0 Å². The molecule has 0 radical (unpaired) electrons. The molecule has 19 heavy (non-hydrogen) atoms. The Morgan fingerprint density at radius 2 is 1.68 bits per heavy atom. The van der Waals surface area contributed by atoms with E-state index in [1.807, 2.05) is 12.1 Å². The molecule has 2 heteroatoms. The van der Waals surface area contributed by atoms with Crippen LogP contribution < -0.4 is 4.74 Å². The van der Waals surface area contributed by atoms with Gasteiger partial charge < -0.3 is 9.84 Å². The highest BCUT2D eigenvalue weighted by atomic mass is 16.5. The van der Waals surface area contributed by atoms with E-state index in [4.69, 9.17) is 4.74 Å². The number of methoxy groups -OCH3 is 1. The summed E-state index contributed by atoms with van der Waals surface area (Å²) in [4.78, 5) is 0. The number of aliphatic hydroxyl groups is 1. The zero-order chi connectivity index (χ0) is 13.0. The van der Waals surface area contributed by atoms with Crippen LogP contribution in [0.5, 0.6) is 5.75 Å². The van der Waals surface area contributed by atoms with Gasteiger partial charge >= 0.3 is 0 Å². The average molecular weight is 258 g/mol. The van der Waals surface area contributed by atoms with Crippen LogP contribution in [0.4, 0.5) is 0 Å². The fraction of sp³-hybridized carbons (Fsp3) is 0.647. The molecule has 102 valence electrons. The number of aliphatic hydroxyl groups excluding tert-OH is 1. The predicted octanol–water partition coefficient (Wildman–Crippen LogP) is 3.13. The highest BCUT2D eigenvalue weighted by Gasteiger charge is 2.57. The van der Waals surface area contributed by atoms with Gasteiger partial charge in [0.25, 0.3) is 0 Å². The molecule has 2 nitrogen and oxygen atoms in total. The molecule has 5 rings (SSSR count). The zero-order valence-corrected chi connectivity index (χ0v) is 11.5. The van der Waals surface area contributed by atoms with E-state index in [1.54, 1.807) is 7.11 Å². The second-order valence-electron chi connectivity index (χ2n) is 6.94. The van der Waals surface area contributed by atoms with E-state index in [2.05, 4.69) is 12.1 Å². The first kappa shape index (κ1) is 11.8. The molecule has 1 aromatic carbocycles. The lowest BCUT2D eigenvalue weighted by molar-refractivity contribution is -0.113. The summed E-state index contributed by atoms with van der Waals surface area (Å²) in [7, 11) is 1.70. The second-order valence-corrected chi connectivity index (χ2v) is 6.94. The average Bonchev–Trinajstić information content (AvgIpc) is 2.44. The Balaban J connectivity index is 1.74. The molecular weight excluding hydrogens is 236 g/mol. The van der Waals surface area contributed by atoms with Crippen LogP contribution in [0.1, 0.15) is 37.7 Å². The van der Waals surface area contributed by atoms with Crippen LogP contribution in [0.2, 0.25) is 0 Å². The molecule has 4 aliphatic rings. The fourth-order valence-electron chi connectivity index (χ4n) is 5.34. The van der Waals surface area contributed by atoms with Crippen molar-refractivity contribution in [3.8, 4) is 5.75 Å². The van der Waals surface area contributed by atoms with Crippen LogP contribution in [-0.2, 0) is 5.41 Å². The van der Waals surface area contributed by atoms with Crippen molar-refractivity contribution in [2.45, 2.75) is 43.6 Å². The summed E-state index contributed by atoms with van der Waals surface area (Å²) in [6, 6.07) is 8.44. The van der Waals surface area contributed by atoms with Crippen LogP contribution in [0.15, 0.2) is 24.3 Å². The maximum absolute atomic E-state index is 10.8. The summed E-state index contributed by atoms with van der Waals surface area (Å²) in [6.07, 6.45) is 6.17. The molecule has 3 unspecified atom stereocenters. The summed E-state index contributed by atoms with van der Waals surface area (Å²) >= 11 is 0. The van der Waals surface area contributed by atoms with Gasteiger partial charge in [-0.2, -0.15) is 0 Å². The Hall–Kier alpha value is -1.02. The Morgan fingerprint density at radius 1 is 1.05 bits per heavy atom. The Labute approximate surface area is 114 Å².